The van der Waals surface area contributed by atoms with Crippen LogP contribution in [-0.2, 0) is 0 Å². The molecule has 2 aromatic carbocycles. The summed E-state index contributed by atoms with van der Waals surface area (Å²) in [5.74, 6) is 0. The lowest BCUT2D eigenvalue weighted by Crippen LogP contribution is -1.91. The third-order valence-electron chi connectivity index (χ3n) is 2.63. The molecule has 0 saturated heterocycles. The molecular formula is C16H15ClO. The van der Waals surface area contributed by atoms with Crippen LogP contribution in [0.1, 0.15) is 12.5 Å². The molecule has 1 unspecified atom stereocenters. The Morgan fingerprint density at radius 2 is 1.78 bits per heavy atom. The Labute approximate surface area is 112 Å². The number of aliphatic hydroxyl groups excluding tert-OH is 1. The fraction of sp³-hybridized carbons (Fsp3) is 0.125. The number of benzene rings is 2. The second-order valence-corrected chi connectivity index (χ2v) is 4.67. The SMILES string of the molecule is CC(O)C=Cc1cccc(-c2ccc(Cl)cc2)c1. The molecule has 92 valence electrons. The van der Waals surface area contributed by atoms with E-state index in [-0.39, 0.29) is 0 Å². The molecule has 0 aliphatic heterocycles. The van der Waals surface area contributed by atoms with Gasteiger partial charge in [-0.2, -0.15) is 0 Å². The van der Waals surface area contributed by atoms with Crippen molar-refractivity contribution in [1.82, 2.24) is 0 Å². The van der Waals surface area contributed by atoms with Crippen molar-refractivity contribution >= 4 is 17.7 Å². The highest BCUT2D eigenvalue weighted by molar-refractivity contribution is 6.30. The van der Waals surface area contributed by atoms with Gasteiger partial charge < -0.3 is 5.11 Å². The maximum absolute atomic E-state index is 9.23. The highest BCUT2D eigenvalue weighted by Gasteiger charge is 1.98. The van der Waals surface area contributed by atoms with Crippen molar-refractivity contribution in [2.24, 2.45) is 0 Å². The summed E-state index contributed by atoms with van der Waals surface area (Å²) in [4.78, 5) is 0. The first-order chi connectivity index (χ1) is 8.65. The van der Waals surface area contributed by atoms with E-state index in [4.69, 9.17) is 11.6 Å². The van der Waals surface area contributed by atoms with E-state index in [9.17, 15) is 5.11 Å². The summed E-state index contributed by atoms with van der Waals surface area (Å²) >= 11 is 5.88. The van der Waals surface area contributed by atoms with Gasteiger partial charge in [-0.05, 0) is 41.8 Å². The van der Waals surface area contributed by atoms with Crippen LogP contribution in [0, 0.1) is 0 Å². The molecule has 0 fully saturated rings. The fourth-order valence-electron chi connectivity index (χ4n) is 1.71. The molecule has 0 amide bonds. The zero-order valence-electron chi connectivity index (χ0n) is 10.2. The van der Waals surface area contributed by atoms with Gasteiger partial charge in [0, 0.05) is 5.02 Å². The number of aliphatic hydroxyl groups is 1. The number of hydrogen-bond donors (Lipinski definition) is 1. The highest BCUT2D eigenvalue weighted by Crippen LogP contribution is 2.22. The predicted octanol–water partition coefficient (Wildman–Crippen LogP) is 4.40. The summed E-state index contributed by atoms with van der Waals surface area (Å²) in [6.45, 7) is 1.74. The third kappa shape index (κ3) is 3.46. The predicted molar refractivity (Wildman–Crippen MR) is 77.6 cm³/mol. The van der Waals surface area contributed by atoms with Gasteiger partial charge in [-0.1, -0.05) is 54.1 Å². The van der Waals surface area contributed by atoms with Gasteiger partial charge in [-0.3, -0.25) is 0 Å². The van der Waals surface area contributed by atoms with Crippen LogP contribution in [-0.4, -0.2) is 11.2 Å². The van der Waals surface area contributed by atoms with Crippen LogP contribution in [0.3, 0.4) is 0 Å². The largest absolute Gasteiger partial charge is 0.389 e. The Balaban J connectivity index is 2.29. The van der Waals surface area contributed by atoms with Gasteiger partial charge >= 0.3 is 0 Å². The van der Waals surface area contributed by atoms with Crippen LogP contribution in [0.2, 0.25) is 5.02 Å². The Kier molecular flexibility index (Phi) is 4.19. The molecule has 0 aliphatic carbocycles. The van der Waals surface area contributed by atoms with Crippen molar-refractivity contribution < 1.29 is 5.11 Å². The average Bonchev–Trinajstić information content (AvgIpc) is 2.37. The Bertz CT molecular complexity index is 541. The quantitative estimate of drug-likeness (QED) is 0.865. The van der Waals surface area contributed by atoms with E-state index in [1.165, 1.54) is 0 Å². The zero-order valence-corrected chi connectivity index (χ0v) is 10.9. The Morgan fingerprint density at radius 1 is 1.06 bits per heavy atom. The summed E-state index contributed by atoms with van der Waals surface area (Å²) < 4.78 is 0. The molecule has 0 aliphatic rings. The third-order valence-corrected chi connectivity index (χ3v) is 2.88. The summed E-state index contributed by atoms with van der Waals surface area (Å²) in [5.41, 5.74) is 3.34. The minimum atomic E-state index is -0.427. The molecule has 0 aromatic heterocycles. The van der Waals surface area contributed by atoms with E-state index < -0.39 is 6.10 Å². The zero-order chi connectivity index (χ0) is 13.0. The first-order valence-corrected chi connectivity index (χ1v) is 6.25. The topological polar surface area (TPSA) is 20.2 Å². The van der Waals surface area contributed by atoms with Crippen LogP contribution in [0.25, 0.3) is 17.2 Å². The van der Waals surface area contributed by atoms with Crippen molar-refractivity contribution in [2.45, 2.75) is 13.0 Å². The van der Waals surface area contributed by atoms with E-state index in [2.05, 4.69) is 12.1 Å². The van der Waals surface area contributed by atoms with Crippen molar-refractivity contribution in [3.05, 3.63) is 65.2 Å². The first kappa shape index (κ1) is 12.9. The molecule has 0 radical (unpaired) electrons. The summed E-state index contributed by atoms with van der Waals surface area (Å²) in [6.07, 6.45) is 3.26. The average molecular weight is 259 g/mol. The number of hydrogen-bond acceptors (Lipinski definition) is 1. The molecule has 2 heteroatoms. The van der Waals surface area contributed by atoms with Crippen molar-refractivity contribution in [3.8, 4) is 11.1 Å². The van der Waals surface area contributed by atoms with Crippen molar-refractivity contribution in [1.29, 1.82) is 0 Å². The van der Waals surface area contributed by atoms with Crippen molar-refractivity contribution in [2.75, 3.05) is 0 Å². The second kappa shape index (κ2) is 5.85. The maximum Gasteiger partial charge on any atom is 0.0696 e. The number of halogens is 1. The Hall–Kier alpha value is -1.57. The van der Waals surface area contributed by atoms with Gasteiger partial charge in [-0.25, -0.2) is 0 Å². The molecule has 0 spiro atoms. The lowest BCUT2D eigenvalue weighted by atomic mass is 10.0. The minimum absolute atomic E-state index is 0.427. The lowest BCUT2D eigenvalue weighted by Gasteiger charge is -2.03. The highest BCUT2D eigenvalue weighted by atomic mass is 35.5. The van der Waals surface area contributed by atoms with Crippen LogP contribution < -0.4 is 0 Å². The minimum Gasteiger partial charge on any atom is -0.389 e. The molecule has 2 rings (SSSR count). The van der Waals surface area contributed by atoms with Gasteiger partial charge in [0.25, 0.3) is 0 Å². The maximum atomic E-state index is 9.23. The van der Waals surface area contributed by atoms with Gasteiger partial charge in [0.05, 0.1) is 6.10 Å². The molecule has 1 nitrogen and oxygen atoms in total. The standard InChI is InChI=1S/C16H15ClO/c1-12(18)5-6-13-3-2-4-15(11-13)14-7-9-16(17)10-8-14/h2-12,18H,1H3. The van der Waals surface area contributed by atoms with E-state index in [0.717, 1.165) is 21.7 Å². The van der Waals surface area contributed by atoms with E-state index in [1.807, 2.05) is 42.5 Å². The molecule has 0 bridgehead atoms. The van der Waals surface area contributed by atoms with Crippen molar-refractivity contribution in [3.63, 3.8) is 0 Å². The lowest BCUT2D eigenvalue weighted by molar-refractivity contribution is 0.245. The summed E-state index contributed by atoms with van der Waals surface area (Å²) in [5, 5.41) is 9.97. The first-order valence-electron chi connectivity index (χ1n) is 5.87. The van der Waals surface area contributed by atoms with Crippen LogP contribution in [0.15, 0.2) is 54.6 Å². The van der Waals surface area contributed by atoms with E-state index in [1.54, 1.807) is 13.0 Å². The van der Waals surface area contributed by atoms with Crippen LogP contribution >= 0.6 is 11.6 Å². The normalized spacial score (nSPS) is 12.8. The molecule has 18 heavy (non-hydrogen) atoms. The van der Waals surface area contributed by atoms with Crippen LogP contribution in [0.5, 0.6) is 0 Å². The van der Waals surface area contributed by atoms with Gasteiger partial charge in [-0.15, -0.1) is 0 Å². The molecule has 0 saturated carbocycles. The van der Waals surface area contributed by atoms with Gasteiger partial charge in [0.2, 0.25) is 0 Å². The fourth-order valence-corrected chi connectivity index (χ4v) is 1.84. The van der Waals surface area contributed by atoms with E-state index in [0.29, 0.717) is 0 Å². The smallest absolute Gasteiger partial charge is 0.0696 e. The van der Waals surface area contributed by atoms with Gasteiger partial charge in [0.1, 0.15) is 0 Å². The van der Waals surface area contributed by atoms with Gasteiger partial charge in [0.15, 0.2) is 0 Å². The van der Waals surface area contributed by atoms with E-state index >= 15 is 0 Å². The summed E-state index contributed by atoms with van der Waals surface area (Å²) in [6, 6.07) is 15.9. The molecule has 2 aromatic rings. The molecular weight excluding hydrogens is 244 g/mol. The Morgan fingerprint density at radius 3 is 2.44 bits per heavy atom. The second-order valence-electron chi connectivity index (χ2n) is 4.23. The van der Waals surface area contributed by atoms with Crippen LogP contribution in [0.4, 0.5) is 0 Å². The monoisotopic (exact) mass is 258 g/mol. The summed E-state index contributed by atoms with van der Waals surface area (Å²) in [7, 11) is 0. The molecule has 1 atom stereocenters. The molecule has 1 N–H and O–H groups in total. The number of rotatable bonds is 3. The molecule has 0 heterocycles.